The van der Waals surface area contributed by atoms with Crippen LogP contribution in [0.15, 0.2) is 42.5 Å². The summed E-state index contributed by atoms with van der Waals surface area (Å²) in [5, 5.41) is 3.19. The third-order valence-electron chi connectivity index (χ3n) is 3.34. The summed E-state index contributed by atoms with van der Waals surface area (Å²) in [6, 6.07) is 11.5. The summed E-state index contributed by atoms with van der Waals surface area (Å²) >= 11 is 6.00. The topological polar surface area (TPSA) is 42.8 Å². The summed E-state index contributed by atoms with van der Waals surface area (Å²) in [7, 11) is 3.47. The van der Waals surface area contributed by atoms with Crippen molar-refractivity contribution in [3.05, 3.63) is 58.9 Å². The number of nitrogens with one attached hydrogen (secondary N) is 2. The molecule has 0 radical (unpaired) electrons. The fraction of sp³-hybridized carbons (Fsp3) is 0.235. The van der Waals surface area contributed by atoms with Crippen molar-refractivity contribution in [3.63, 3.8) is 0 Å². The van der Waals surface area contributed by atoms with Crippen LogP contribution in [0.25, 0.3) is 0 Å². The first kappa shape index (κ1) is 17.2. The van der Waals surface area contributed by atoms with E-state index in [-0.39, 0.29) is 18.1 Å². The van der Waals surface area contributed by atoms with Crippen LogP contribution >= 0.6 is 11.6 Å². The average Bonchev–Trinajstić information content (AvgIpc) is 2.49. The van der Waals surface area contributed by atoms with Crippen molar-refractivity contribution in [2.75, 3.05) is 26.0 Å². The second-order valence-electron chi connectivity index (χ2n) is 5.29. The largest absolute Gasteiger partial charge is 0.496 e. The maximum atomic E-state index is 13.5. The van der Waals surface area contributed by atoms with Crippen LogP contribution in [0.3, 0.4) is 0 Å². The molecular formula is C17H19ClFN2O2+. The highest BCUT2D eigenvalue weighted by atomic mass is 35.5. The Labute approximate surface area is 139 Å². The fourth-order valence-corrected chi connectivity index (χ4v) is 2.50. The normalized spacial score (nSPS) is 11.8. The quantitative estimate of drug-likeness (QED) is 0.848. The Bertz CT molecular complexity index is 694. The van der Waals surface area contributed by atoms with Crippen molar-refractivity contribution in [1.29, 1.82) is 0 Å². The lowest BCUT2D eigenvalue weighted by Crippen LogP contribution is -3.08. The highest BCUT2D eigenvalue weighted by molar-refractivity contribution is 6.30. The number of halogens is 2. The molecule has 0 saturated heterocycles. The zero-order valence-corrected chi connectivity index (χ0v) is 13.8. The van der Waals surface area contributed by atoms with Crippen LogP contribution in [0.4, 0.5) is 10.1 Å². The number of quaternary nitrogens is 1. The van der Waals surface area contributed by atoms with Gasteiger partial charge in [-0.05, 0) is 30.3 Å². The summed E-state index contributed by atoms with van der Waals surface area (Å²) in [4.78, 5) is 13.0. The standard InChI is InChI=1S/C17H18ClFN2O2/c1-21(10-12-9-13(18)7-8-16(12)23-2)11-17(22)20-15-6-4-3-5-14(15)19/h3-9H,10-11H2,1-2H3,(H,20,22)/p+1. The Morgan fingerprint density at radius 1 is 1.30 bits per heavy atom. The molecule has 0 heterocycles. The van der Waals surface area contributed by atoms with Crippen molar-refractivity contribution < 1.29 is 18.8 Å². The van der Waals surface area contributed by atoms with Gasteiger partial charge in [-0.25, -0.2) is 4.39 Å². The van der Waals surface area contributed by atoms with Gasteiger partial charge >= 0.3 is 0 Å². The second-order valence-corrected chi connectivity index (χ2v) is 5.73. The molecule has 2 aromatic carbocycles. The van der Waals surface area contributed by atoms with Gasteiger partial charge in [-0.15, -0.1) is 0 Å². The smallest absolute Gasteiger partial charge is 0.279 e. The summed E-state index contributed by atoms with van der Waals surface area (Å²) in [5.41, 5.74) is 1.10. The number of ether oxygens (including phenoxy) is 1. The first-order valence-electron chi connectivity index (χ1n) is 7.17. The average molecular weight is 338 g/mol. The van der Waals surface area contributed by atoms with Crippen molar-refractivity contribution in [1.82, 2.24) is 0 Å². The molecule has 0 aromatic heterocycles. The number of rotatable bonds is 6. The van der Waals surface area contributed by atoms with Gasteiger partial charge in [0.1, 0.15) is 18.1 Å². The molecule has 1 unspecified atom stereocenters. The number of anilines is 1. The lowest BCUT2D eigenvalue weighted by atomic mass is 10.2. The maximum absolute atomic E-state index is 13.5. The molecule has 23 heavy (non-hydrogen) atoms. The van der Waals surface area contributed by atoms with Gasteiger partial charge in [0.25, 0.3) is 5.91 Å². The number of hydrogen-bond donors (Lipinski definition) is 2. The Morgan fingerprint density at radius 3 is 2.74 bits per heavy atom. The molecule has 0 saturated carbocycles. The first-order chi connectivity index (χ1) is 11.0. The van der Waals surface area contributed by atoms with Gasteiger partial charge in [0.05, 0.1) is 19.8 Å². The van der Waals surface area contributed by atoms with E-state index >= 15 is 0 Å². The highest BCUT2D eigenvalue weighted by Gasteiger charge is 2.15. The van der Waals surface area contributed by atoms with Crippen LogP contribution in [0.5, 0.6) is 5.75 Å². The summed E-state index contributed by atoms with van der Waals surface area (Å²) < 4.78 is 18.8. The Balaban J connectivity index is 1.97. The van der Waals surface area contributed by atoms with Gasteiger partial charge in [-0.1, -0.05) is 23.7 Å². The molecule has 0 aliphatic carbocycles. The Hall–Kier alpha value is -2.11. The molecule has 4 nitrogen and oxygen atoms in total. The molecule has 0 fully saturated rings. The third-order valence-corrected chi connectivity index (χ3v) is 3.58. The van der Waals surface area contributed by atoms with Gasteiger partial charge in [0.15, 0.2) is 6.54 Å². The summed E-state index contributed by atoms with van der Waals surface area (Å²) in [6.07, 6.45) is 0. The molecule has 6 heteroatoms. The van der Waals surface area contributed by atoms with Crippen molar-refractivity contribution in [2.24, 2.45) is 0 Å². The van der Waals surface area contributed by atoms with Crippen LogP contribution in [-0.4, -0.2) is 26.6 Å². The molecule has 122 valence electrons. The zero-order valence-electron chi connectivity index (χ0n) is 13.0. The van der Waals surface area contributed by atoms with E-state index < -0.39 is 5.82 Å². The monoisotopic (exact) mass is 337 g/mol. The van der Waals surface area contributed by atoms with Gasteiger partial charge in [0, 0.05) is 10.6 Å². The minimum absolute atomic E-state index is 0.186. The number of carbonyl (C=O) groups is 1. The predicted octanol–water partition coefficient (Wildman–Crippen LogP) is 2.14. The van der Waals surface area contributed by atoms with Gasteiger partial charge in [-0.3, -0.25) is 4.79 Å². The van der Waals surface area contributed by atoms with Crippen LogP contribution < -0.4 is 15.0 Å². The number of benzene rings is 2. The Morgan fingerprint density at radius 2 is 2.04 bits per heavy atom. The molecule has 2 N–H and O–H groups in total. The Kier molecular flexibility index (Phi) is 5.96. The predicted molar refractivity (Wildman–Crippen MR) is 88.5 cm³/mol. The number of amides is 1. The van der Waals surface area contributed by atoms with Crippen LogP contribution in [0, 0.1) is 5.82 Å². The first-order valence-corrected chi connectivity index (χ1v) is 7.55. The van der Waals surface area contributed by atoms with E-state index in [9.17, 15) is 9.18 Å². The highest BCUT2D eigenvalue weighted by Crippen LogP contribution is 2.21. The van der Waals surface area contributed by atoms with Gasteiger partial charge in [0.2, 0.25) is 0 Å². The molecule has 2 rings (SSSR count). The molecule has 0 spiro atoms. The SMILES string of the molecule is COc1ccc(Cl)cc1C[NH+](C)CC(=O)Nc1ccccc1F. The molecule has 0 aliphatic rings. The van der Waals surface area contributed by atoms with Gasteiger partial charge < -0.3 is 15.0 Å². The number of methoxy groups -OCH3 is 1. The lowest BCUT2D eigenvalue weighted by molar-refractivity contribution is -0.885. The fourth-order valence-electron chi connectivity index (χ4n) is 2.30. The number of carbonyl (C=O) groups excluding carboxylic acids is 1. The van der Waals surface area contributed by atoms with Crippen LogP contribution in [0.2, 0.25) is 5.02 Å². The molecule has 0 bridgehead atoms. The molecule has 1 atom stereocenters. The third kappa shape index (κ3) is 4.94. The van der Waals surface area contributed by atoms with E-state index in [2.05, 4.69) is 5.32 Å². The minimum Gasteiger partial charge on any atom is -0.496 e. The summed E-state index contributed by atoms with van der Waals surface area (Å²) in [5.74, 6) is 0.0203. The van der Waals surface area contributed by atoms with Gasteiger partial charge in [-0.2, -0.15) is 0 Å². The van der Waals surface area contributed by atoms with Crippen molar-refractivity contribution >= 4 is 23.2 Å². The summed E-state index contributed by atoms with van der Waals surface area (Å²) in [6.45, 7) is 0.762. The molecular weight excluding hydrogens is 319 g/mol. The number of hydrogen-bond acceptors (Lipinski definition) is 2. The zero-order chi connectivity index (χ0) is 16.8. The van der Waals surface area contributed by atoms with Crippen LogP contribution in [-0.2, 0) is 11.3 Å². The number of likely N-dealkylation sites (N-methyl/N-ethyl adjacent to an activating group) is 1. The lowest BCUT2D eigenvalue weighted by Gasteiger charge is -2.16. The van der Waals surface area contributed by atoms with Crippen molar-refractivity contribution in [2.45, 2.75) is 6.54 Å². The maximum Gasteiger partial charge on any atom is 0.279 e. The van der Waals surface area contributed by atoms with E-state index in [1.807, 2.05) is 13.1 Å². The minimum atomic E-state index is -0.449. The molecule has 2 aromatic rings. The van der Waals surface area contributed by atoms with E-state index in [0.717, 1.165) is 16.2 Å². The second kappa shape index (κ2) is 7.94. The van der Waals surface area contributed by atoms with Crippen LogP contribution in [0.1, 0.15) is 5.56 Å². The van der Waals surface area contributed by atoms with E-state index in [4.69, 9.17) is 16.3 Å². The molecule has 1 amide bonds. The van der Waals surface area contributed by atoms with E-state index in [1.54, 1.807) is 31.4 Å². The van der Waals surface area contributed by atoms with E-state index in [0.29, 0.717) is 11.6 Å². The number of para-hydroxylation sites is 1. The molecule has 0 aliphatic heterocycles. The van der Waals surface area contributed by atoms with Crippen molar-refractivity contribution in [3.8, 4) is 5.75 Å². The van der Waals surface area contributed by atoms with E-state index in [1.165, 1.54) is 12.1 Å².